The Bertz CT molecular complexity index is 431. The third-order valence-electron chi connectivity index (χ3n) is 3.79. The van der Waals surface area contributed by atoms with E-state index in [2.05, 4.69) is 6.07 Å². The van der Waals surface area contributed by atoms with Gasteiger partial charge in [-0.2, -0.15) is 0 Å². The van der Waals surface area contributed by atoms with Gasteiger partial charge >= 0.3 is 0 Å². The van der Waals surface area contributed by atoms with Crippen LogP contribution < -0.4 is 5.73 Å². The second-order valence-electron chi connectivity index (χ2n) is 5.49. The first kappa shape index (κ1) is 12.3. The first-order valence-electron chi connectivity index (χ1n) is 6.40. The van der Waals surface area contributed by atoms with Crippen LogP contribution in [0.25, 0.3) is 0 Å². The van der Waals surface area contributed by atoms with E-state index in [-0.39, 0.29) is 11.3 Å². The van der Waals surface area contributed by atoms with Gasteiger partial charge in [-0.25, -0.2) is 0 Å². The molecular formula is C15H21NO. The highest BCUT2D eigenvalue weighted by molar-refractivity contribution is 5.98. The summed E-state index contributed by atoms with van der Waals surface area (Å²) in [6, 6.07) is 5.99. The molecule has 1 aliphatic rings. The lowest BCUT2D eigenvalue weighted by Crippen LogP contribution is -2.38. The molecule has 1 fully saturated rings. The lowest BCUT2D eigenvalue weighted by Gasteiger charge is -2.22. The van der Waals surface area contributed by atoms with Crippen molar-refractivity contribution in [3.05, 3.63) is 34.9 Å². The smallest absolute Gasteiger partial charge is 0.164 e. The predicted octanol–water partition coefficient (Wildman–Crippen LogP) is 3.15. The van der Waals surface area contributed by atoms with Gasteiger partial charge in [0.2, 0.25) is 0 Å². The fourth-order valence-electron chi connectivity index (χ4n) is 2.80. The van der Waals surface area contributed by atoms with Crippen LogP contribution in [-0.2, 0) is 0 Å². The highest BCUT2D eigenvalue weighted by atomic mass is 16.1. The Morgan fingerprint density at radius 3 is 2.53 bits per heavy atom. The number of nitrogens with two attached hydrogens (primary N) is 1. The van der Waals surface area contributed by atoms with E-state index in [1.165, 1.54) is 5.56 Å². The van der Waals surface area contributed by atoms with Gasteiger partial charge in [-0.1, -0.05) is 36.6 Å². The summed E-state index contributed by atoms with van der Waals surface area (Å²) in [5.41, 5.74) is 9.12. The van der Waals surface area contributed by atoms with Crippen molar-refractivity contribution in [1.82, 2.24) is 0 Å². The Kier molecular flexibility index (Phi) is 3.34. The summed E-state index contributed by atoms with van der Waals surface area (Å²) in [5.74, 6) is 0.201. The number of hydrogen-bond acceptors (Lipinski definition) is 2. The topological polar surface area (TPSA) is 43.1 Å². The van der Waals surface area contributed by atoms with E-state index in [4.69, 9.17) is 5.73 Å². The van der Waals surface area contributed by atoms with Crippen molar-refractivity contribution in [2.75, 3.05) is 0 Å². The van der Waals surface area contributed by atoms with E-state index in [1.807, 2.05) is 26.0 Å². The molecule has 0 bridgehead atoms. The van der Waals surface area contributed by atoms with E-state index in [9.17, 15) is 4.79 Å². The zero-order valence-corrected chi connectivity index (χ0v) is 10.8. The molecule has 2 heteroatoms. The van der Waals surface area contributed by atoms with E-state index < -0.39 is 0 Å². The maximum Gasteiger partial charge on any atom is 0.164 e. The second-order valence-corrected chi connectivity index (χ2v) is 5.49. The molecule has 0 spiro atoms. The Morgan fingerprint density at radius 1 is 1.29 bits per heavy atom. The molecule has 1 aliphatic carbocycles. The molecule has 1 saturated carbocycles. The fraction of sp³-hybridized carbons (Fsp3) is 0.533. The number of hydrogen-bond donors (Lipinski definition) is 1. The van der Waals surface area contributed by atoms with Gasteiger partial charge in [-0.15, -0.1) is 0 Å². The van der Waals surface area contributed by atoms with Crippen LogP contribution in [0.5, 0.6) is 0 Å². The molecule has 1 aromatic carbocycles. The largest absolute Gasteiger partial charge is 0.325 e. The van der Waals surface area contributed by atoms with Gasteiger partial charge in [0.15, 0.2) is 5.78 Å². The zero-order valence-electron chi connectivity index (χ0n) is 10.8. The van der Waals surface area contributed by atoms with Crippen molar-refractivity contribution < 1.29 is 4.79 Å². The summed E-state index contributed by atoms with van der Waals surface area (Å²) < 4.78 is 0. The van der Waals surface area contributed by atoms with Crippen molar-refractivity contribution in [1.29, 1.82) is 0 Å². The number of Topliss-reactive ketones (excluding diaryl/α,β-unsaturated/α-hetero) is 1. The molecule has 2 rings (SSSR count). The minimum atomic E-state index is -0.242. The second kappa shape index (κ2) is 4.61. The van der Waals surface area contributed by atoms with Crippen LogP contribution in [-0.4, -0.2) is 11.3 Å². The van der Waals surface area contributed by atoms with Crippen LogP contribution in [0.4, 0.5) is 0 Å². The van der Waals surface area contributed by atoms with Crippen molar-refractivity contribution >= 4 is 5.78 Å². The summed E-state index contributed by atoms with van der Waals surface area (Å²) in [7, 11) is 0. The highest BCUT2D eigenvalue weighted by Crippen LogP contribution is 2.31. The Labute approximate surface area is 103 Å². The van der Waals surface area contributed by atoms with Crippen LogP contribution in [0.3, 0.4) is 0 Å². The lowest BCUT2D eigenvalue weighted by molar-refractivity contribution is 0.0952. The minimum Gasteiger partial charge on any atom is -0.325 e. The number of benzene rings is 1. The first-order chi connectivity index (χ1) is 8.00. The van der Waals surface area contributed by atoms with Crippen LogP contribution in [0.2, 0.25) is 0 Å². The maximum atomic E-state index is 12.3. The molecule has 17 heavy (non-hydrogen) atoms. The molecule has 2 nitrogen and oxygen atoms in total. The Balaban J connectivity index is 2.14. The van der Waals surface area contributed by atoms with E-state index in [1.54, 1.807) is 0 Å². The Morgan fingerprint density at radius 2 is 1.94 bits per heavy atom. The summed E-state index contributed by atoms with van der Waals surface area (Å²) in [6.45, 7) is 4.04. The average molecular weight is 231 g/mol. The Hall–Kier alpha value is -1.15. The van der Waals surface area contributed by atoms with Crippen LogP contribution >= 0.6 is 0 Å². The van der Waals surface area contributed by atoms with Crippen molar-refractivity contribution in [2.24, 2.45) is 5.73 Å². The molecule has 0 unspecified atom stereocenters. The van der Waals surface area contributed by atoms with Crippen LogP contribution in [0.15, 0.2) is 18.2 Å². The van der Waals surface area contributed by atoms with Gasteiger partial charge in [-0.05, 0) is 32.3 Å². The molecule has 0 heterocycles. The monoisotopic (exact) mass is 231 g/mol. The zero-order chi connectivity index (χ0) is 12.5. The van der Waals surface area contributed by atoms with Crippen molar-refractivity contribution in [2.45, 2.75) is 51.5 Å². The quantitative estimate of drug-likeness (QED) is 0.812. The predicted molar refractivity (Wildman–Crippen MR) is 70.2 cm³/mol. The van der Waals surface area contributed by atoms with E-state index in [0.29, 0.717) is 6.42 Å². The highest BCUT2D eigenvalue weighted by Gasteiger charge is 2.32. The molecule has 2 N–H and O–H groups in total. The molecule has 0 aromatic heterocycles. The standard InChI is InChI=1S/C15H21NO/c1-11-5-6-13(12(2)9-11)14(17)10-15(16)7-3-4-8-15/h5-6,9H,3-4,7-8,10,16H2,1-2H3. The summed E-state index contributed by atoms with van der Waals surface area (Å²) in [6.07, 6.45) is 4.80. The number of carbonyl (C=O) groups is 1. The molecule has 92 valence electrons. The van der Waals surface area contributed by atoms with Crippen molar-refractivity contribution in [3.8, 4) is 0 Å². The first-order valence-corrected chi connectivity index (χ1v) is 6.40. The number of aryl methyl sites for hydroxylation is 2. The van der Waals surface area contributed by atoms with Gasteiger partial charge in [0.05, 0.1) is 0 Å². The van der Waals surface area contributed by atoms with Gasteiger partial charge in [0, 0.05) is 17.5 Å². The normalized spacial score (nSPS) is 18.3. The molecule has 0 amide bonds. The SMILES string of the molecule is Cc1ccc(C(=O)CC2(N)CCCC2)c(C)c1. The van der Waals surface area contributed by atoms with Gasteiger partial charge < -0.3 is 5.73 Å². The summed E-state index contributed by atoms with van der Waals surface area (Å²) in [5, 5.41) is 0. The molecular weight excluding hydrogens is 210 g/mol. The third-order valence-corrected chi connectivity index (χ3v) is 3.79. The van der Waals surface area contributed by atoms with Gasteiger partial charge in [0.25, 0.3) is 0 Å². The molecule has 0 radical (unpaired) electrons. The molecule has 0 atom stereocenters. The number of carbonyl (C=O) groups excluding carboxylic acids is 1. The maximum absolute atomic E-state index is 12.3. The van der Waals surface area contributed by atoms with Crippen LogP contribution in [0, 0.1) is 13.8 Å². The molecule has 1 aromatic rings. The molecule has 0 saturated heterocycles. The summed E-state index contributed by atoms with van der Waals surface area (Å²) >= 11 is 0. The third kappa shape index (κ3) is 2.75. The summed E-state index contributed by atoms with van der Waals surface area (Å²) in [4.78, 5) is 12.3. The van der Waals surface area contributed by atoms with Crippen molar-refractivity contribution in [3.63, 3.8) is 0 Å². The van der Waals surface area contributed by atoms with Gasteiger partial charge in [0.1, 0.15) is 0 Å². The van der Waals surface area contributed by atoms with Crippen LogP contribution in [0.1, 0.15) is 53.6 Å². The number of rotatable bonds is 3. The average Bonchev–Trinajstić information content (AvgIpc) is 2.64. The molecule has 0 aliphatic heterocycles. The fourth-order valence-corrected chi connectivity index (χ4v) is 2.80. The minimum absolute atomic E-state index is 0.201. The van der Waals surface area contributed by atoms with E-state index in [0.717, 1.165) is 36.8 Å². The van der Waals surface area contributed by atoms with E-state index >= 15 is 0 Å². The van der Waals surface area contributed by atoms with Gasteiger partial charge in [-0.3, -0.25) is 4.79 Å². The lowest BCUT2D eigenvalue weighted by atomic mass is 9.88. The number of ketones is 1.